The molecule has 5 nitrogen and oxygen atoms in total. The van der Waals surface area contributed by atoms with Crippen molar-refractivity contribution in [3.8, 4) is 5.75 Å². The molecule has 146 valence electrons. The van der Waals surface area contributed by atoms with Crippen molar-refractivity contribution in [3.05, 3.63) is 46.5 Å². The Morgan fingerprint density at radius 2 is 1.41 bits per heavy atom. The molecule has 0 N–H and O–H groups in total. The zero-order valence-corrected chi connectivity index (χ0v) is 15.9. The van der Waals surface area contributed by atoms with E-state index in [2.05, 4.69) is 0 Å². The first-order valence-corrected chi connectivity index (χ1v) is 9.96. The Bertz CT molecular complexity index is 729. The third-order valence-corrected chi connectivity index (χ3v) is 4.78. The minimum Gasteiger partial charge on any atom is -0.493 e. The van der Waals surface area contributed by atoms with Crippen LogP contribution in [-0.2, 0) is 4.79 Å². The second kappa shape index (κ2) is 12.0. The van der Waals surface area contributed by atoms with Gasteiger partial charge in [0.25, 0.3) is 5.69 Å². The SMILES string of the molecule is O=CCCCCCCCCCCCOc1ccc([N+](=O)[O-])c2ccccc12. The number of benzene rings is 2. The van der Waals surface area contributed by atoms with Crippen molar-refractivity contribution in [1.29, 1.82) is 0 Å². The fraction of sp³-hybridized carbons (Fsp3) is 0.500. The van der Waals surface area contributed by atoms with Gasteiger partial charge in [0.15, 0.2) is 0 Å². The molecular formula is C22H29NO4. The molecular weight excluding hydrogens is 342 g/mol. The Kier molecular flexibility index (Phi) is 9.31. The third-order valence-electron chi connectivity index (χ3n) is 4.78. The molecule has 2 aromatic carbocycles. The fourth-order valence-electron chi connectivity index (χ4n) is 3.29. The Hall–Kier alpha value is -2.43. The molecule has 0 saturated heterocycles. The molecule has 0 aromatic heterocycles. The predicted molar refractivity (Wildman–Crippen MR) is 108 cm³/mol. The van der Waals surface area contributed by atoms with Crippen molar-refractivity contribution in [2.45, 2.75) is 64.2 Å². The van der Waals surface area contributed by atoms with Gasteiger partial charge < -0.3 is 9.53 Å². The van der Waals surface area contributed by atoms with Gasteiger partial charge in [-0.3, -0.25) is 10.1 Å². The molecule has 2 aromatic rings. The highest BCUT2D eigenvalue weighted by Crippen LogP contribution is 2.32. The smallest absolute Gasteiger partial charge is 0.277 e. The monoisotopic (exact) mass is 371 g/mol. The quantitative estimate of drug-likeness (QED) is 0.171. The lowest BCUT2D eigenvalue weighted by molar-refractivity contribution is -0.383. The largest absolute Gasteiger partial charge is 0.493 e. The molecule has 0 bridgehead atoms. The number of fused-ring (bicyclic) bond motifs is 1. The van der Waals surface area contributed by atoms with E-state index in [0.717, 1.165) is 37.4 Å². The number of non-ortho nitro benzene ring substituents is 1. The molecule has 0 atom stereocenters. The molecule has 2 rings (SSSR count). The van der Waals surface area contributed by atoms with Crippen LogP contribution >= 0.6 is 0 Å². The summed E-state index contributed by atoms with van der Waals surface area (Å²) < 4.78 is 5.89. The number of aldehydes is 1. The number of nitro groups is 1. The van der Waals surface area contributed by atoms with Crippen molar-refractivity contribution in [2.24, 2.45) is 0 Å². The van der Waals surface area contributed by atoms with E-state index >= 15 is 0 Å². The molecule has 0 unspecified atom stereocenters. The van der Waals surface area contributed by atoms with E-state index in [1.165, 1.54) is 38.2 Å². The second-order valence-electron chi connectivity index (χ2n) is 6.87. The van der Waals surface area contributed by atoms with Gasteiger partial charge in [-0.15, -0.1) is 0 Å². The molecule has 0 aliphatic carbocycles. The summed E-state index contributed by atoms with van der Waals surface area (Å²) in [4.78, 5) is 21.0. The molecule has 0 spiro atoms. The van der Waals surface area contributed by atoms with Gasteiger partial charge >= 0.3 is 0 Å². The maximum atomic E-state index is 11.2. The van der Waals surface area contributed by atoms with E-state index in [1.54, 1.807) is 18.2 Å². The van der Waals surface area contributed by atoms with Gasteiger partial charge in [0.1, 0.15) is 12.0 Å². The van der Waals surface area contributed by atoms with Crippen molar-refractivity contribution in [3.63, 3.8) is 0 Å². The number of unbranched alkanes of at least 4 members (excludes halogenated alkanes) is 9. The Labute approximate surface area is 160 Å². The summed E-state index contributed by atoms with van der Waals surface area (Å²) in [6, 6.07) is 10.5. The van der Waals surface area contributed by atoms with E-state index in [0.29, 0.717) is 24.2 Å². The zero-order chi connectivity index (χ0) is 19.3. The van der Waals surface area contributed by atoms with Crippen LogP contribution in [0.1, 0.15) is 64.2 Å². The molecule has 0 aliphatic heterocycles. The van der Waals surface area contributed by atoms with Crippen LogP contribution < -0.4 is 4.74 Å². The van der Waals surface area contributed by atoms with Crippen LogP contribution in [0.3, 0.4) is 0 Å². The number of carbonyl (C=O) groups excluding carboxylic acids is 1. The number of nitro benzene ring substituents is 1. The second-order valence-corrected chi connectivity index (χ2v) is 6.87. The van der Waals surface area contributed by atoms with Crippen LogP contribution in [0.4, 0.5) is 5.69 Å². The first-order chi connectivity index (χ1) is 13.2. The summed E-state index contributed by atoms with van der Waals surface area (Å²) >= 11 is 0. The molecule has 0 fully saturated rings. The lowest BCUT2D eigenvalue weighted by atomic mass is 10.1. The number of nitrogens with zero attached hydrogens (tertiary/aromatic N) is 1. The van der Waals surface area contributed by atoms with Gasteiger partial charge in [0.2, 0.25) is 0 Å². The van der Waals surface area contributed by atoms with Gasteiger partial charge in [-0.25, -0.2) is 0 Å². The van der Waals surface area contributed by atoms with E-state index < -0.39 is 0 Å². The van der Waals surface area contributed by atoms with Crippen molar-refractivity contribution in [1.82, 2.24) is 0 Å². The van der Waals surface area contributed by atoms with Crippen molar-refractivity contribution >= 4 is 22.7 Å². The van der Waals surface area contributed by atoms with Crippen LogP contribution in [0.25, 0.3) is 10.8 Å². The van der Waals surface area contributed by atoms with Gasteiger partial charge in [-0.1, -0.05) is 63.1 Å². The minimum absolute atomic E-state index is 0.115. The van der Waals surface area contributed by atoms with E-state index in [1.807, 2.05) is 12.1 Å². The highest BCUT2D eigenvalue weighted by molar-refractivity contribution is 5.95. The first-order valence-electron chi connectivity index (χ1n) is 9.96. The Morgan fingerprint density at radius 1 is 0.815 bits per heavy atom. The first kappa shape index (κ1) is 20.9. The van der Waals surface area contributed by atoms with Gasteiger partial charge in [0, 0.05) is 17.9 Å². The number of hydrogen-bond acceptors (Lipinski definition) is 4. The lowest BCUT2D eigenvalue weighted by Crippen LogP contribution is -1.99. The molecule has 0 radical (unpaired) electrons. The predicted octanol–water partition coefficient (Wildman–Crippen LogP) is 6.23. The van der Waals surface area contributed by atoms with E-state index in [-0.39, 0.29) is 10.6 Å². The Morgan fingerprint density at radius 3 is 2.04 bits per heavy atom. The highest BCUT2D eigenvalue weighted by atomic mass is 16.6. The average Bonchev–Trinajstić information content (AvgIpc) is 2.68. The summed E-state index contributed by atoms with van der Waals surface area (Å²) in [6.07, 6.45) is 12.2. The van der Waals surface area contributed by atoms with E-state index in [4.69, 9.17) is 4.74 Å². The molecule has 27 heavy (non-hydrogen) atoms. The molecule has 0 saturated carbocycles. The molecule has 5 heteroatoms. The summed E-state index contributed by atoms with van der Waals surface area (Å²) in [5.74, 6) is 0.714. The summed E-state index contributed by atoms with van der Waals surface area (Å²) in [5.41, 5.74) is 0.115. The van der Waals surface area contributed by atoms with Crippen LogP contribution in [0.2, 0.25) is 0 Å². The van der Waals surface area contributed by atoms with Gasteiger partial charge in [-0.05, 0) is 25.0 Å². The molecule has 0 heterocycles. The maximum absolute atomic E-state index is 11.2. The summed E-state index contributed by atoms with van der Waals surface area (Å²) in [6.45, 7) is 0.632. The lowest BCUT2D eigenvalue weighted by Gasteiger charge is -2.09. The standard InChI is InChI=1S/C22H29NO4/c24-17-11-7-5-3-1-2-4-6-8-12-18-27-22-16-15-21(23(25)26)19-13-9-10-14-20(19)22/h9-10,13-17H,1-8,11-12,18H2. The highest BCUT2D eigenvalue weighted by Gasteiger charge is 2.14. The number of carbonyl (C=O) groups is 1. The van der Waals surface area contributed by atoms with Crippen LogP contribution in [0.5, 0.6) is 5.75 Å². The third kappa shape index (κ3) is 7.00. The minimum atomic E-state index is -0.353. The van der Waals surface area contributed by atoms with Crippen molar-refractivity contribution < 1.29 is 14.5 Å². The average molecular weight is 371 g/mol. The number of rotatable bonds is 14. The summed E-state index contributed by atoms with van der Waals surface area (Å²) in [5, 5.41) is 12.6. The topological polar surface area (TPSA) is 69.4 Å². The zero-order valence-electron chi connectivity index (χ0n) is 15.9. The fourth-order valence-corrected chi connectivity index (χ4v) is 3.29. The number of hydrogen-bond donors (Lipinski definition) is 0. The normalized spacial score (nSPS) is 10.8. The maximum Gasteiger partial charge on any atom is 0.277 e. The van der Waals surface area contributed by atoms with Crippen LogP contribution in [0, 0.1) is 10.1 Å². The van der Waals surface area contributed by atoms with Crippen LogP contribution in [0.15, 0.2) is 36.4 Å². The van der Waals surface area contributed by atoms with Gasteiger partial charge in [0.05, 0.1) is 16.9 Å². The van der Waals surface area contributed by atoms with Crippen molar-refractivity contribution in [2.75, 3.05) is 6.61 Å². The number of ether oxygens (including phenoxy) is 1. The van der Waals surface area contributed by atoms with E-state index in [9.17, 15) is 14.9 Å². The molecule has 0 aliphatic rings. The Balaban J connectivity index is 1.64. The summed E-state index contributed by atoms with van der Waals surface area (Å²) in [7, 11) is 0. The van der Waals surface area contributed by atoms with Crippen LogP contribution in [-0.4, -0.2) is 17.8 Å². The van der Waals surface area contributed by atoms with Gasteiger partial charge in [-0.2, -0.15) is 0 Å². The molecule has 0 amide bonds.